The third kappa shape index (κ3) is 4.69. The summed E-state index contributed by atoms with van der Waals surface area (Å²) in [6.07, 6.45) is 3.48. The number of anilines is 4. The first kappa shape index (κ1) is 20.9. The van der Waals surface area contributed by atoms with E-state index in [0.717, 1.165) is 25.7 Å². The van der Waals surface area contributed by atoms with E-state index in [1.165, 1.54) is 0 Å². The lowest BCUT2D eigenvalue weighted by Crippen LogP contribution is -2.29. The normalized spacial score (nSPS) is 20.3. The number of aromatic nitrogens is 2. The number of nitrogens with zero attached hydrogens (tertiary/aromatic N) is 2. The van der Waals surface area contributed by atoms with Crippen molar-refractivity contribution < 1.29 is 19.4 Å². The zero-order valence-electron chi connectivity index (χ0n) is 17.3. The highest BCUT2D eigenvalue weighted by molar-refractivity contribution is 5.97. The molecular formula is C21H26N6O4. The van der Waals surface area contributed by atoms with Crippen molar-refractivity contribution in [3.8, 4) is 5.75 Å². The number of hydrogen-bond donors (Lipinski definition) is 5. The van der Waals surface area contributed by atoms with Gasteiger partial charge in [-0.1, -0.05) is 6.92 Å². The topological polar surface area (TPSA) is 151 Å². The molecule has 0 bridgehead atoms. The highest BCUT2D eigenvalue weighted by Gasteiger charge is 2.23. The largest absolute Gasteiger partial charge is 0.482 e. The molecular weight excluding hydrogens is 400 g/mol. The minimum Gasteiger partial charge on any atom is -0.482 e. The number of carbonyl (C=O) groups is 2. The van der Waals surface area contributed by atoms with Crippen LogP contribution in [0.1, 0.15) is 48.8 Å². The molecule has 6 N–H and O–H groups in total. The highest BCUT2D eigenvalue weighted by atomic mass is 16.5. The third-order valence-corrected chi connectivity index (χ3v) is 5.45. The van der Waals surface area contributed by atoms with Gasteiger partial charge in [0.25, 0.3) is 11.8 Å². The fraction of sp³-hybridized carbons (Fsp3) is 0.429. The number of fused-ring (bicyclic) bond motifs is 1. The third-order valence-electron chi connectivity index (χ3n) is 5.45. The fourth-order valence-corrected chi connectivity index (χ4v) is 3.79. The van der Waals surface area contributed by atoms with E-state index in [1.54, 1.807) is 18.2 Å². The van der Waals surface area contributed by atoms with Gasteiger partial charge < -0.3 is 31.5 Å². The number of rotatable bonds is 6. The Morgan fingerprint density at radius 1 is 1.26 bits per heavy atom. The maximum Gasteiger partial charge on any atom is 0.271 e. The second-order valence-corrected chi connectivity index (χ2v) is 7.76. The lowest BCUT2D eigenvalue weighted by atomic mass is 9.93. The molecule has 0 unspecified atom stereocenters. The molecule has 1 aromatic carbocycles. The van der Waals surface area contributed by atoms with Gasteiger partial charge >= 0.3 is 0 Å². The van der Waals surface area contributed by atoms with Crippen molar-refractivity contribution in [1.82, 2.24) is 9.97 Å². The standard InChI is InChI=1S/C21H26N6O4/c1-2-14-20(23-11-3-6-13(28)7-4-11)27-21(18(26-14)19(22)30)24-12-5-8-15-16(9-12)31-10-17(29)25-15/h5,8-9,11,13,28H,2-4,6-7,10H2,1H3,(H2,22,30)(H,25,29)(H2,23,24,27). The predicted octanol–water partition coefficient (Wildman–Crippen LogP) is 1.93. The average Bonchev–Trinajstić information content (AvgIpc) is 2.75. The van der Waals surface area contributed by atoms with Crippen LogP contribution in [-0.4, -0.2) is 45.6 Å². The fourth-order valence-electron chi connectivity index (χ4n) is 3.79. The first-order valence-corrected chi connectivity index (χ1v) is 10.4. The van der Waals surface area contributed by atoms with E-state index < -0.39 is 5.91 Å². The number of ether oxygens (including phenoxy) is 1. The molecule has 1 saturated carbocycles. The molecule has 0 radical (unpaired) electrons. The van der Waals surface area contributed by atoms with Crippen LogP contribution in [0.4, 0.5) is 23.0 Å². The second-order valence-electron chi connectivity index (χ2n) is 7.76. The van der Waals surface area contributed by atoms with Gasteiger partial charge in [-0.3, -0.25) is 9.59 Å². The van der Waals surface area contributed by atoms with Crippen LogP contribution in [0.25, 0.3) is 0 Å². The van der Waals surface area contributed by atoms with E-state index in [4.69, 9.17) is 10.5 Å². The molecule has 0 spiro atoms. The molecule has 2 heterocycles. The number of nitrogens with two attached hydrogens (primary N) is 1. The van der Waals surface area contributed by atoms with Crippen LogP contribution < -0.4 is 26.4 Å². The van der Waals surface area contributed by atoms with Crippen LogP contribution in [0.15, 0.2) is 18.2 Å². The van der Waals surface area contributed by atoms with E-state index in [2.05, 4.69) is 25.9 Å². The van der Waals surface area contributed by atoms with Gasteiger partial charge in [0.15, 0.2) is 18.1 Å². The molecule has 1 aliphatic heterocycles. The van der Waals surface area contributed by atoms with Gasteiger partial charge in [0.05, 0.1) is 17.5 Å². The Hall–Kier alpha value is -3.40. The van der Waals surface area contributed by atoms with Crippen LogP contribution in [0.2, 0.25) is 0 Å². The molecule has 4 rings (SSSR count). The minimum absolute atomic E-state index is 0.0495. The SMILES string of the molecule is CCc1nc(C(N)=O)c(Nc2ccc3c(c2)OCC(=O)N3)nc1NC1CCC(O)CC1. The van der Waals surface area contributed by atoms with E-state index in [-0.39, 0.29) is 36.2 Å². The van der Waals surface area contributed by atoms with Crippen molar-refractivity contribution in [2.45, 2.75) is 51.2 Å². The predicted molar refractivity (Wildman–Crippen MR) is 116 cm³/mol. The van der Waals surface area contributed by atoms with E-state index in [1.807, 2.05) is 6.92 Å². The van der Waals surface area contributed by atoms with E-state index >= 15 is 0 Å². The van der Waals surface area contributed by atoms with Crippen molar-refractivity contribution in [1.29, 1.82) is 0 Å². The van der Waals surface area contributed by atoms with Gasteiger partial charge in [0.1, 0.15) is 11.6 Å². The molecule has 0 atom stereocenters. The summed E-state index contributed by atoms with van der Waals surface area (Å²) in [6, 6.07) is 5.34. The van der Waals surface area contributed by atoms with Crippen molar-refractivity contribution in [3.05, 3.63) is 29.6 Å². The summed E-state index contributed by atoms with van der Waals surface area (Å²) in [5.74, 6) is 0.456. The number of aliphatic hydroxyl groups excluding tert-OH is 1. The number of aliphatic hydroxyl groups is 1. The quantitative estimate of drug-likeness (QED) is 0.470. The molecule has 1 aromatic heterocycles. The molecule has 2 aromatic rings. The molecule has 164 valence electrons. The van der Waals surface area contributed by atoms with Crippen LogP contribution in [0, 0.1) is 0 Å². The number of benzene rings is 1. The number of nitrogens with one attached hydrogen (secondary N) is 3. The Balaban J connectivity index is 1.62. The summed E-state index contributed by atoms with van der Waals surface area (Å²) in [7, 11) is 0. The van der Waals surface area contributed by atoms with Gasteiger partial charge in [-0.25, -0.2) is 9.97 Å². The maximum absolute atomic E-state index is 12.0. The van der Waals surface area contributed by atoms with Crippen molar-refractivity contribution in [2.75, 3.05) is 22.6 Å². The summed E-state index contributed by atoms with van der Waals surface area (Å²) >= 11 is 0. The molecule has 31 heavy (non-hydrogen) atoms. The molecule has 1 fully saturated rings. The van der Waals surface area contributed by atoms with Crippen LogP contribution >= 0.6 is 0 Å². The van der Waals surface area contributed by atoms with Crippen molar-refractivity contribution in [3.63, 3.8) is 0 Å². The van der Waals surface area contributed by atoms with Crippen LogP contribution in [0.5, 0.6) is 5.75 Å². The van der Waals surface area contributed by atoms with Crippen molar-refractivity contribution in [2.24, 2.45) is 5.73 Å². The lowest BCUT2D eigenvalue weighted by molar-refractivity contribution is -0.118. The zero-order chi connectivity index (χ0) is 22.0. The summed E-state index contributed by atoms with van der Waals surface area (Å²) < 4.78 is 5.45. The molecule has 2 amide bonds. The summed E-state index contributed by atoms with van der Waals surface area (Å²) in [5.41, 5.74) is 7.46. The Kier molecular flexibility index (Phi) is 5.90. The molecule has 1 aliphatic carbocycles. The van der Waals surface area contributed by atoms with Crippen LogP contribution in [0.3, 0.4) is 0 Å². The number of carbonyl (C=O) groups excluding carboxylic acids is 2. The Morgan fingerprint density at radius 2 is 2.03 bits per heavy atom. The van der Waals surface area contributed by atoms with E-state index in [9.17, 15) is 14.7 Å². The van der Waals surface area contributed by atoms with Gasteiger partial charge in [-0.05, 0) is 44.2 Å². The minimum atomic E-state index is -0.682. The summed E-state index contributed by atoms with van der Waals surface area (Å²) in [5, 5.41) is 19.0. The van der Waals surface area contributed by atoms with E-state index in [0.29, 0.717) is 35.1 Å². The molecule has 0 saturated heterocycles. The number of aryl methyl sites for hydroxylation is 1. The smallest absolute Gasteiger partial charge is 0.271 e. The Labute approximate surface area is 179 Å². The summed E-state index contributed by atoms with van der Waals surface area (Å²) in [4.78, 5) is 32.6. The summed E-state index contributed by atoms with van der Waals surface area (Å²) in [6.45, 7) is 1.88. The average molecular weight is 426 g/mol. The van der Waals surface area contributed by atoms with Gasteiger partial charge in [-0.15, -0.1) is 0 Å². The Bertz CT molecular complexity index is 1000. The second kappa shape index (κ2) is 8.76. The molecule has 10 heteroatoms. The van der Waals surface area contributed by atoms with Gasteiger partial charge in [-0.2, -0.15) is 0 Å². The van der Waals surface area contributed by atoms with Gasteiger partial charge in [0.2, 0.25) is 0 Å². The number of primary amides is 1. The monoisotopic (exact) mass is 426 g/mol. The number of amides is 2. The zero-order valence-corrected chi connectivity index (χ0v) is 17.3. The van der Waals surface area contributed by atoms with Crippen molar-refractivity contribution >= 4 is 34.8 Å². The number of hydrogen-bond acceptors (Lipinski definition) is 8. The Morgan fingerprint density at radius 3 is 2.74 bits per heavy atom. The molecule has 2 aliphatic rings. The maximum atomic E-state index is 12.0. The van der Waals surface area contributed by atoms with Gasteiger partial charge in [0, 0.05) is 17.8 Å². The first-order valence-electron chi connectivity index (χ1n) is 10.4. The first-order chi connectivity index (χ1) is 14.9. The lowest BCUT2D eigenvalue weighted by Gasteiger charge is -2.27. The van der Waals surface area contributed by atoms with Crippen LogP contribution in [-0.2, 0) is 11.2 Å². The molecule has 10 nitrogen and oxygen atoms in total. The highest BCUT2D eigenvalue weighted by Crippen LogP contribution is 2.32.